The van der Waals surface area contributed by atoms with Crippen LogP contribution in [0.3, 0.4) is 0 Å². The lowest BCUT2D eigenvalue weighted by Crippen LogP contribution is -2.49. The van der Waals surface area contributed by atoms with E-state index in [1.165, 1.54) is 51.6 Å². The molecule has 4 atom stereocenters. The van der Waals surface area contributed by atoms with Crippen molar-refractivity contribution in [3.8, 4) is 0 Å². The summed E-state index contributed by atoms with van der Waals surface area (Å²) in [5.74, 6) is 2.27. The molecule has 1 rings (SSSR count). The van der Waals surface area contributed by atoms with Gasteiger partial charge in [0.15, 0.2) is 0 Å². The van der Waals surface area contributed by atoms with Gasteiger partial charge in [0.1, 0.15) is 0 Å². The number of unbranched alkanes of at least 4 members (excludes halogenated alkanes) is 1. The van der Waals surface area contributed by atoms with Crippen LogP contribution in [-0.4, -0.2) is 19.1 Å². The largest absolute Gasteiger partial charge is 0.327 e. The van der Waals surface area contributed by atoms with Gasteiger partial charge in [0.25, 0.3) is 0 Å². The monoisotopic (exact) mass is 282 g/mol. The lowest BCUT2D eigenvalue weighted by Gasteiger charge is -2.47. The maximum atomic E-state index is 6.25. The molecule has 0 aromatic heterocycles. The first-order chi connectivity index (χ1) is 9.43. The molecule has 120 valence electrons. The summed E-state index contributed by atoms with van der Waals surface area (Å²) in [5, 5.41) is 3.77. The second kappa shape index (κ2) is 8.38. The van der Waals surface area contributed by atoms with Crippen molar-refractivity contribution >= 4 is 0 Å². The lowest BCUT2D eigenvalue weighted by molar-refractivity contribution is 0.0534. The van der Waals surface area contributed by atoms with E-state index in [1.807, 2.05) is 0 Å². The van der Waals surface area contributed by atoms with Crippen LogP contribution in [0.4, 0.5) is 0 Å². The molecule has 0 aromatic carbocycles. The first kappa shape index (κ1) is 18.0. The van der Waals surface area contributed by atoms with Crippen LogP contribution in [-0.2, 0) is 0 Å². The molecular weight excluding hydrogens is 244 g/mol. The molecule has 1 saturated carbocycles. The van der Waals surface area contributed by atoms with Crippen LogP contribution in [0.25, 0.3) is 0 Å². The van der Waals surface area contributed by atoms with Crippen LogP contribution in [0.15, 0.2) is 0 Å². The number of hydrogen-bond acceptors (Lipinski definition) is 2. The second-order valence-corrected chi connectivity index (χ2v) is 7.62. The zero-order valence-corrected chi connectivity index (χ0v) is 14.5. The Morgan fingerprint density at radius 1 is 1.25 bits per heavy atom. The maximum absolute atomic E-state index is 6.25. The van der Waals surface area contributed by atoms with Crippen molar-refractivity contribution < 1.29 is 0 Å². The van der Waals surface area contributed by atoms with Crippen LogP contribution >= 0.6 is 0 Å². The third-order valence-electron chi connectivity index (χ3n) is 6.08. The van der Waals surface area contributed by atoms with Crippen molar-refractivity contribution in [2.24, 2.45) is 28.9 Å². The Morgan fingerprint density at radius 2 is 1.95 bits per heavy atom. The van der Waals surface area contributed by atoms with E-state index in [0.717, 1.165) is 11.8 Å². The van der Waals surface area contributed by atoms with E-state index in [2.05, 4.69) is 39.9 Å². The molecule has 3 N–H and O–H groups in total. The summed E-state index contributed by atoms with van der Waals surface area (Å²) < 4.78 is 0. The summed E-state index contributed by atoms with van der Waals surface area (Å²) in [4.78, 5) is 0. The summed E-state index contributed by atoms with van der Waals surface area (Å²) in [6, 6.07) is 0.397. The van der Waals surface area contributed by atoms with Gasteiger partial charge < -0.3 is 11.1 Å². The fourth-order valence-corrected chi connectivity index (χ4v) is 3.71. The average molecular weight is 283 g/mol. The minimum absolute atomic E-state index is 0.371. The van der Waals surface area contributed by atoms with Gasteiger partial charge in [0.05, 0.1) is 0 Å². The van der Waals surface area contributed by atoms with Gasteiger partial charge in [-0.15, -0.1) is 0 Å². The Bertz CT molecular complexity index is 262. The fourth-order valence-electron chi connectivity index (χ4n) is 3.71. The van der Waals surface area contributed by atoms with E-state index in [0.29, 0.717) is 17.4 Å². The molecule has 1 fully saturated rings. The number of nitrogens with two attached hydrogens (primary N) is 1. The SMILES string of the molecule is CCCCC(CC)CNCC1CCC(N)C(C)C1(C)C. The molecule has 0 heterocycles. The van der Waals surface area contributed by atoms with Gasteiger partial charge in [-0.25, -0.2) is 0 Å². The van der Waals surface area contributed by atoms with E-state index in [-0.39, 0.29) is 0 Å². The molecule has 20 heavy (non-hydrogen) atoms. The van der Waals surface area contributed by atoms with Gasteiger partial charge >= 0.3 is 0 Å². The van der Waals surface area contributed by atoms with Crippen LogP contribution in [0, 0.1) is 23.2 Å². The van der Waals surface area contributed by atoms with Crippen molar-refractivity contribution in [1.29, 1.82) is 0 Å². The van der Waals surface area contributed by atoms with Crippen molar-refractivity contribution in [2.45, 2.75) is 79.2 Å². The third-order valence-corrected chi connectivity index (χ3v) is 6.08. The van der Waals surface area contributed by atoms with Gasteiger partial charge in [0.2, 0.25) is 0 Å². The van der Waals surface area contributed by atoms with Gasteiger partial charge in [0, 0.05) is 6.04 Å². The minimum atomic E-state index is 0.371. The molecule has 0 bridgehead atoms. The zero-order chi connectivity index (χ0) is 15.2. The average Bonchev–Trinajstić information content (AvgIpc) is 2.42. The highest BCUT2D eigenvalue weighted by Gasteiger charge is 2.41. The normalized spacial score (nSPS) is 31.2. The lowest BCUT2D eigenvalue weighted by atomic mass is 9.61. The third kappa shape index (κ3) is 4.73. The van der Waals surface area contributed by atoms with E-state index in [4.69, 9.17) is 5.73 Å². The first-order valence-corrected chi connectivity index (χ1v) is 8.89. The Hall–Kier alpha value is -0.0800. The van der Waals surface area contributed by atoms with Gasteiger partial charge in [-0.05, 0) is 55.5 Å². The van der Waals surface area contributed by atoms with Crippen LogP contribution in [0.1, 0.15) is 73.1 Å². The highest BCUT2D eigenvalue weighted by atomic mass is 14.9. The highest BCUT2D eigenvalue weighted by Crippen LogP contribution is 2.43. The Morgan fingerprint density at radius 3 is 2.55 bits per heavy atom. The van der Waals surface area contributed by atoms with Gasteiger partial charge in [-0.3, -0.25) is 0 Å². The molecule has 1 aliphatic rings. The smallest absolute Gasteiger partial charge is 0.00698 e. The molecule has 0 aliphatic heterocycles. The molecule has 2 heteroatoms. The Labute approximate surface area is 127 Å². The fraction of sp³-hybridized carbons (Fsp3) is 1.00. The summed E-state index contributed by atoms with van der Waals surface area (Å²) in [6.45, 7) is 14.2. The van der Waals surface area contributed by atoms with Crippen LogP contribution in [0.5, 0.6) is 0 Å². The van der Waals surface area contributed by atoms with Crippen molar-refractivity contribution in [3.63, 3.8) is 0 Å². The molecule has 0 radical (unpaired) electrons. The second-order valence-electron chi connectivity index (χ2n) is 7.62. The first-order valence-electron chi connectivity index (χ1n) is 8.89. The Kier molecular flexibility index (Phi) is 7.53. The molecule has 2 nitrogen and oxygen atoms in total. The summed E-state index contributed by atoms with van der Waals surface area (Å²) in [5.41, 5.74) is 6.62. The zero-order valence-electron chi connectivity index (χ0n) is 14.5. The molecule has 0 amide bonds. The molecule has 4 unspecified atom stereocenters. The highest BCUT2D eigenvalue weighted by molar-refractivity contribution is 4.94. The number of rotatable bonds is 8. The van der Waals surface area contributed by atoms with Crippen LogP contribution < -0.4 is 11.1 Å². The van der Waals surface area contributed by atoms with E-state index < -0.39 is 0 Å². The molecule has 0 aromatic rings. The molecular formula is C18H38N2. The van der Waals surface area contributed by atoms with Crippen molar-refractivity contribution in [2.75, 3.05) is 13.1 Å². The predicted molar refractivity (Wildman–Crippen MR) is 89.8 cm³/mol. The predicted octanol–water partition coefficient (Wildman–Crippen LogP) is 4.19. The van der Waals surface area contributed by atoms with Crippen molar-refractivity contribution in [1.82, 2.24) is 5.32 Å². The summed E-state index contributed by atoms with van der Waals surface area (Å²) in [6.07, 6.45) is 7.88. The maximum Gasteiger partial charge on any atom is 0.00698 e. The van der Waals surface area contributed by atoms with Gasteiger partial charge in [-0.1, -0.05) is 53.9 Å². The molecule has 1 aliphatic carbocycles. The van der Waals surface area contributed by atoms with Gasteiger partial charge in [-0.2, -0.15) is 0 Å². The van der Waals surface area contributed by atoms with E-state index >= 15 is 0 Å². The number of hydrogen-bond donors (Lipinski definition) is 2. The van der Waals surface area contributed by atoms with E-state index in [1.54, 1.807) is 0 Å². The minimum Gasteiger partial charge on any atom is -0.327 e. The molecule has 0 spiro atoms. The molecule has 0 saturated heterocycles. The topological polar surface area (TPSA) is 38.0 Å². The van der Waals surface area contributed by atoms with E-state index in [9.17, 15) is 0 Å². The summed E-state index contributed by atoms with van der Waals surface area (Å²) >= 11 is 0. The Balaban J connectivity index is 2.37. The standard InChI is InChI=1S/C18H38N2/c1-6-8-9-15(7-2)12-20-13-16-10-11-17(19)14(3)18(16,4)5/h14-17,20H,6-13,19H2,1-5H3. The van der Waals surface area contributed by atoms with Crippen LogP contribution in [0.2, 0.25) is 0 Å². The summed E-state index contributed by atoms with van der Waals surface area (Å²) in [7, 11) is 0. The quantitative estimate of drug-likeness (QED) is 0.700. The number of nitrogens with one attached hydrogen (secondary N) is 1. The van der Waals surface area contributed by atoms with Crippen molar-refractivity contribution in [3.05, 3.63) is 0 Å².